The number of rotatable bonds is 7. The number of carboxylic acids is 1. The SMILES string of the molecule is Cl.O=C(O)[C@@H]1CCCN(CCSC(c2ccccc2)c2ccccc2)C1. The second kappa shape index (κ2) is 10.6. The topological polar surface area (TPSA) is 40.5 Å². The van der Waals surface area contributed by atoms with Gasteiger partial charge in [0.2, 0.25) is 0 Å². The first kappa shape index (κ1) is 20.8. The highest BCUT2D eigenvalue weighted by atomic mass is 35.5. The van der Waals surface area contributed by atoms with E-state index in [0.29, 0.717) is 11.8 Å². The van der Waals surface area contributed by atoms with Crippen molar-refractivity contribution in [1.29, 1.82) is 0 Å². The molecule has 2 aromatic rings. The molecule has 3 nitrogen and oxygen atoms in total. The monoisotopic (exact) mass is 391 g/mol. The van der Waals surface area contributed by atoms with Crippen molar-refractivity contribution in [2.24, 2.45) is 5.92 Å². The molecule has 0 bridgehead atoms. The number of nitrogens with zero attached hydrogens (tertiary/aromatic N) is 1. The summed E-state index contributed by atoms with van der Waals surface area (Å²) in [4.78, 5) is 13.5. The first-order valence-electron chi connectivity index (χ1n) is 8.90. The van der Waals surface area contributed by atoms with Crippen molar-refractivity contribution in [1.82, 2.24) is 4.90 Å². The van der Waals surface area contributed by atoms with Gasteiger partial charge >= 0.3 is 5.97 Å². The van der Waals surface area contributed by atoms with Gasteiger partial charge < -0.3 is 10.0 Å². The molecule has 0 unspecified atom stereocenters. The van der Waals surface area contributed by atoms with Crippen LogP contribution in [0.3, 0.4) is 0 Å². The van der Waals surface area contributed by atoms with Crippen LogP contribution in [0, 0.1) is 5.92 Å². The smallest absolute Gasteiger partial charge is 0.307 e. The molecule has 0 saturated carbocycles. The first-order chi connectivity index (χ1) is 12.2. The summed E-state index contributed by atoms with van der Waals surface area (Å²) in [5.41, 5.74) is 2.64. The molecule has 1 aliphatic rings. The molecular weight excluding hydrogens is 366 g/mol. The minimum Gasteiger partial charge on any atom is -0.481 e. The van der Waals surface area contributed by atoms with Crippen LogP contribution in [0.25, 0.3) is 0 Å². The van der Waals surface area contributed by atoms with E-state index in [1.807, 2.05) is 11.8 Å². The summed E-state index contributed by atoms with van der Waals surface area (Å²) in [6.45, 7) is 2.66. The number of hydrogen-bond donors (Lipinski definition) is 1. The van der Waals surface area contributed by atoms with Crippen LogP contribution in [0.1, 0.15) is 29.2 Å². The van der Waals surface area contributed by atoms with E-state index in [9.17, 15) is 9.90 Å². The van der Waals surface area contributed by atoms with Crippen LogP contribution in [0.15, 0.2) is 60.7 Å². The Labute approximate surface area is 166 Å². The van der Waals surface area contributed by atoms with E-state index in [0.717, 1.165) is 31.7 Å². The van der Waals surface area contributed by atoms with Crippen LogP contribution < -0.4 is 0 Å². The number of likely N-dealkylation sites (tertiary alicyclic amines) is 1. The zero-order chi connectivity index (χ0) is 17.5. The largest absolute Gasteiger partial charge is 0.481 e. The molecule has 0 radical (unpaired) electrons. The quantitative estimate of drug-likeness (QED) is 0.740. The molecule has 0 spiro atoms. The summed E-state index contributed by atoms with van der Waals surface area (Å²) in [6, 6.07) is 21.2. The molecule has 26 heavy (non-hydrogen) atoms. The van der Waals surface area contributed by atoms with E-state index < -0.39 is 5.97 Å². The lowest BCUT2D eigenvalue weighted by atomic mass is 9.98. The Morgan fingerprint density at radius 3 is 2.19 bits per heavy atom. The molecule has 2 aromatic carbocycles. The lowest BCUT2D eigenvalue weighted by molar-refractivity contribution is -0.143. The molecule has 5 heteroatoms. The number of carboxylic acid groups (broad SMARTS) is 1. The fourth-order valence-electron chi connectivity index (χ4n) is 3.40. The molecule has 1 fully saturated rings. The van der Waals surface area contributed by atoms with Gasteiger partial charge in [-0.1, -0.05) is 60.7 Å². The molecule has 1 saturated heterocycles. The molecule has 1 atom stereocenters. The maximum Gasteiger partial charge on any atom is 0.307 e. The predicted octanol–water partition coefficient (Wildman–Crippen LogP) is 4.73. The number of hydrogen-bond acceptors (Lipinski definition) is 3. The van der Waals surface area contributed by atoms with E-state index in [-0.39, 0.29) is 18.3 Å². The summed E-state index contributed by atoms with van der Waals surface area (Å²) in [6.07, 6.45) is 1.80. The lowest BCUT2D eigenvalue weighted by Gasteiger charge is -2.31. The Kier molecular flexibility index (Phi) is 8.49. The molecule has 140 valence electrons. The van der Waals surface area contributed by atoms with Crippen molar-refractivity contribution in [3.8, 4) is 0 Å². The minimum atomic E-state index is -0.649. The summed E-state index contributed by atoms with van der Waals surface area (Å²) < 4.78 is 0. The highest BCUT2D eigenvalue weighted by Crippen LogP contribution is 2.35. The van der Waals surface area contributed by atoms with Gasteiger partial charge in [0.1, 0.15) is 0 Å². The van der Waals surface area contributed by atoms with Crippen LogP contribution in [0.5, 0.6) is 0 Å². The van der Waals surface area contributed by atoms with E-state index in [4.69, 9.17) is 0 Å². The zero-order valence-corrected chi connectivity index (χ0v) is 16.4. The van der Waals surface area contributed by atoms with Gasteiger partial charge in [0.25, 0.3) is 0 Å². The Balaban J connectivity index is 0.00000243. The number of halogens is 1. The Morgan fingerprint density at radius 1 is 1.08 bits per heavy atom. The second-order valence-corrected chi connectivity index (χ2v) is 7.76. The van der Waals surface area contributed by atoms with Crippen molar-refractivity contribution >= 4 is 30.1 Å². The van der Waals surface area contributed by atoms with Crippen molar-refractivity contribution in [3.63, 3.8) is 0 Å². The van der Waals surface area contributed by atoms with Gasteiger partial charge in [0, 0.05) is 18.8 Å². The van der Waals surface area contributed by atoms with Crippen molar-refractivity contribution in [2.45, 2.75) is 18.1 Å². The van der Waals surface area contributed by atoms with Gasteiger partial charge in [0.15, 0.2) is 0 Å². The number of benzene rings is 2. The van der Waals surface area contributed by atoms with E-state index in [1.165, 1.54) is 11.1 Å². The molecule has 0 amide bonds. The van der Waals surface area contributed by atoms with Crippen LogP contribution in [-0.4, -0.2) is 41.4 Å². The van der Waals surface area contributed by atoms with Crippen LogP contribution in [0.4, 0.5) is 0 Å². The maximum absolute atomic E-state index is 11.2. The average molecular weight is 392 g/mol. The maximum atomic E-state index is 11.2. The molecule has 0 aromatic heterocycles. The van der Waals surface area contributed by atoms with Gasteiger partial charge in [-0.25, -0.2) is 0 Å². The number of carbonyl (C=O) groups is 1. The molecule has 1 heterocycles. The van der Waals surface area contributed by atoms with Gasteiger partial charge in [-0.15, -0.1) is 24.2 Å². The highest BCUT2D eigenvalue weighted by Gasteiger charge is 2.25. The standard InChI is InChI=1S/C21H25NO2S.ClH/c23-21(24)19-12-7-13-22(16-19)14-15-25-20(17-8-3-1-4-9-17)18-10-5-2-6-11-18;/h1-6,8-11,19-20H,7,12-16H2,(H,23,24);1H/t19-;/m1./s1. The Hall–Kier alpha value is -1.49. The van der Waals surface area contributed by atoms with E-state index in [2.05, 4.69) is 65.6 Å². The molecule has 3 rings (SSSR count). The second-order valence-electron chi connectivity index (χ2n) is 6.55. The Bertz CT molecular complexity index is 629. The lowest BCUT2D eigenvalue weighted by Crippen LogP contribution is -2.39. The summed E-state index contributed by atoms with van der Waals surface area (Å²) in [5.74, 6) is 0.155. The number of piperidine rings is 1. The summed E-state index contributed by atoms with van der Waals surface area (Å²) >= 11 is 1.94. The van der Waals surface area contributed by atoms with Gasteiger partial charge in [0.05, 0.1) is 11.2 Å². The highest BCUT2D eigenvalue weighted by molar-refractivity contribution is 7.99. The van der Waals surface area contributed by atoms with E-state index >= 15 is 0 Å². The van der Waals surface area contributed by atoms with Crippen LogP contribution in [-0.2, 0) is 4.79 Å². The summed E-state index contributed by atoms with van der Waals surface area (Å²) in [7, 11) is 0. The van der Waals surface area contributed by atoms with Gasteiger partial charge in [-0.3, -0.25) is 4.79 Å². The third-order valence-electron chi connectivity index (χ3n) is 4.75. The predicted molar refractivity (Wildman–Crippen MR) is 111 cm³/mol. The van der Waals surface area contributed by atoms with Crippen LogP contribution in [0.2, 0.25) is 0 Å². The molecule has 0 aliphatic carbocycles. The van der Waals surface area contributed by atoms with Crippen LogP contribution >= 0.6 is 24.2 Å². The van der Waals surface area contributed by atoms with Gasteiger partial charge in [-0.2, -0.15) is 0 Å². The normalized spacial score (nSPS) is 17.7. The fraction of sp³-hybridized carbons (Fsp3) is 0.381. The fourth-order valence-corrected chi connectivity index (χ4v) is 4.70. The minimum absolute atomic E-state index is 0. The number of aliphatic carboxylic acids is 1. The zero-order valence-electron chi connectivity index (χ0n) is 14.8. The van der Waals surface area contributed by atoms with Crippen molar-refractivity contribution in [3.05, 3.63) is 71.8 Å². The third kappa shape index (κ3) is 5.76. The van der Waals surface area contributed by atoms with Gasteiger partial charge in [-0.05, 0) is 30.5 Å². The third-order valence-corrected chi connectivity index (χ3v) is 6.05. The van der Waals surface area contributed by atoms with Crippen molar-refractivity contribution < 1.29 is 9.90 Å². The molecule has 1 N–H and O–H groups in total. The Morgan fingerprint density at radius 2 is 1.65 bits per heavy atom. The number of thioether (sulfide) groups is 1. The van der Waals surface area contributed by atoms with E-state index in [1.54, 1.807) is 0 Å². The first-order valence-corrected chi connectivity index (χ1v) is 9.95. The van der Waals surface area contributed by atoms with Crippen molar-refractivity contribution in [2.75, 3.05) is 25.4 Å². The molecular formula is C21H26ClNO2S. The summed E-state index contributed by atoms with van der Waals surface area (Å²) in [5, 5.41) is 9.56. The average Bonchev–Trinajstić information content (AvgIpc) is 2.67. The molecule has 1 aliphatic heterocycles.